The molecule has 13 nitrogen and oxygen atoms in total. The number of carbonyl (C=O) groups is 4. The summed E-state index contributed by atoms with van der Waals surface area (Å²) in [6, 6.07) is 8.62. The number of likely N-dealkylation sites (tertiary alicyclic amines) is 2. The number of rotatable bonds is 6. The maximum Gasteiger partial charge on any atom is 0.411 e. The molecule has 0 aliphatic carbocycles. The lowest BCUT2D eigenvalue weighted by Crippen LogP contribution is -2.48. The molecule has 6 atom stereocenters. The Morgan fingerprint density at radius 1 is 0.792 bits per heavy atom. The van der Waals surface area contributed by atoms with Crippen LogP contribution in [0.2, 0.25) is 0 Å². The fraction of sp³-hybridized carbons (Fsp3) is 0.657. The number of carbonyl (C=O) groups excluding carboxylic acids is 4. The fourth-order valence-electron chi connectivity index (χ4n) is 6.58. The zero-order valence-electron chi connectivity index (χ0n) is 28.9. The van der Waals surface area contributed by atoms with E-state index in [2.05, 4.69) is 17.0 Å². The van der Waals surface area contributed by atoms with Gasteiger partial charge in [-0.25, -0.2) is 9.59 Å². The van der Waals surface area contributed by atoms with Crippen LogP contribution in [-0.2, 0) is 35.1 Å². The third kappa shape index (κ3) is 9.63. The van der Waals surface area contributed by atoms with Gasteiger partial charge in [-0.05, 0) is 47.1 Å². The third-order valence-electron chi connectivity index (χ3n) is 8.47. The molecule has 13 heteroatoms. The van der Waals surface area contributed by atoms with Gasteiger partial charge in [0.15, 0.2) is 11.6 Å². The second-order valence-corrected chi connectivity index (χ2v) is 14.6. The van der Waals surface area contributed by atoms with Crippen LogP contribution in [0.5, 0.6) is 0 Å². The lowest BCUT2D eigenvalue weighted by atomic mass is 9.97. The molecule has 1 aromatic rings. The van der Waals surface area contributed by atoms with E-state index in [0.717, 1.165) is 13.1 Å². The maximum atomic E-state index is 12.7. The van der Waals surface area contributed by atoms with Gasteiger partial charge < -0.3 is 29.2 Å². The van der Waals surface area contributed by atoms with Gasteiger partial charge in [-0.15, -0.1) is 0 Å². The van der Waals surface area contributed by atoms with Crippen molar-refractivity contribution in [2.75, 3.05) is 52.6 Å². The van der Waals surface area contributed by atoms with Gasteiger partial charge in [-0.2, -0.15) is 0 Å². The molecule has 3 saturated heterocycles. The van der Waals surface area contributed by atoms with Crippen LogP contribution in [-0.4, -0.2) is 137 Å². The van der Waals surface area contributed by atoms with E-state index >= 15 is 0 Å². The Morgan fingerprint density at radius 2 is 1.35 bits per heavy atom. The molecule has 266 valence electrons. The van der Waals surface area contributed by atoms with Crippen LogP contribution in [0, 0.1) is 11.8 Å². The van der Waals surface area contributed by atoms with E-state index in [9.17, 15) is 24.3 Å². The molecule has 0 unspecified atom stereocenters. The summed E-state index contributed by atoms with van der Waals surface area (Å²) in [5.41, 5.74) is -0.0748. The van der Waals surface area contributed by atoms with Crippen LogP contribution < -0.4 is 0 Å². The molecule has 5 rings (SSSR count). The molecule has 1 aromatic carbocycles. The molecule has 0 aromatic heterocycles. The highest BCUT2D eigenvalue weighted by atomic mass is 16.6. The van der Waals surface area contributed by atoms with Gasteiger partial charge in [0.25, 0.3) is 0 Å². The summed E-state index contributed by atoms with van der Waals surface area (Å²) in [5.74, 6) is -0.871. The number of Topliss-reactive ketones (excluding diaryl/α,β-unsaturated/α-hetero) is 2. The topological polar surface area (TPSA) is 155 Å². The average molecular weight is 674 g/mol. The Labute approximate surface area is 282 Å². The second kappa shape index (κ2) is 15.9. The molecule has 4 heterocycles. The maximum absolute atomic E-state index is 12.7. The van der Waals surface area contributed by atoms with Crippen molar-refractivity contribution in [2.45, 2.75) is 83.6 Å². The van der Waals surface area contributed by atoms with Crippen LogP contribution in [0.15, 0.2) is 42.5 Å². The number of hydrogen-bond donors (Lipinski definition) is 2. The molecule has 3 fully saturated rings. The third-order valence-corrected chi connectivity index (χ3v) is 8.47. The van der Waals surface area contributed by atoms with Crippen molar-refractivity contribution >= 4 is 23.8 Å². The predicted molar refractivity (Wildman–Crippen MR) is 175 cm³/mol. The summed E-state index contributed by atoms with van der Waals surface area (Å²) in [4.78, 5) is 54.4. The summed E-state index contributed by atoms with van der Waals surface area (Å²) in [7, 11) is 0. The Kier molecular flexibility index (Phi) is 12.4. The molecule has 4 aliphatic rings. The first-order valence-electron chi connectivity index (χ1n) is 16.5. The molecular weight excluding hydrogens is 622 g/mol. The molecule has 2 amide bonds. The Balaban J connectivity index is 0.000000229. The summed E-state index contributed by atoms with van der Waals surface area (Å²) in [6.45, 7) is 13.4. The summed E-state index contributed by atoms with van der Waals surface area (Å²) in [5, 5.41) is 18.6. The van der Waals surface area contributed by atoms with Crippen molar-refractivity contribution in [2.24, 2.45) is 11.8 Å². The van der Waals surface area contributed by atoms with Crippen molar-refractivity contribution in [3.63, 3.8) is 0 Å². The van der Waals surface area contributed by atoms with Gasteiger partial charge >= 0.3 is 12.2 Å². The van der Waals surface area contributed by atoms with Gasteiger partial charge in [0.1, 0.15) is 36.5 Å². The molecular formula is C35H51N3O10. The summed E-state index contributed by atoms with van der Waals surface area (Å²) >= 11 is 0. The summed E-state index contributed by atoms with van der Waals surface area (Å²) < 4.78 is 22.4. The molecule has 0 saturated carbocycles. The van der Waals surface area contributed by atoms with E-state index in [1.807, 2.05) is 30.4 Å². The number of nitrogens with zero attached hydrogens (tertiary/aromatic N) is 3. The lowest BCUT2D eigenvalue weighted by molar-refractivity contribution is -0.130. The van der Waals surface area contributed by atoms with Gasteiger partial charge in [0.2, 0.25) is 0 Å². The number of amides is 2. The minimum atomic E-state index is -0.804. The summed E-state index contributed by atoms with van der Waals surface area (Å²) in [6.07, 6.45) is 1.93. The van der Waals surface area contributed by atoms with E-state index in [4.69, 9.17) is 24.1 Å². The highest BCUT2D eigenvalue weighted by molar-refractivity contribution is 5.90. The lowest BCUT2D eigenvalue weighted by Gasteiger charge is -2.29. The van der Waals surface area contributed by atoms with E-state index in [0.29, 0.717) is 32.8 Å². The molecule has 2 N–H and O–H groups in total. The fourth-order valence-corrected chi connectivity index (χ4v) is 6.58. The first-order valence-corrected chi connectivity index (χ1v) is 16.5. The number of fused-ring (bicyclic) bond motifs is 2. The van der Waals surface area contributed by atoms with Gasteiger partial charge in [-0.1, -0.05) is 42.5 Å². The van der Waals surface area contributed by atoms with Crippen molar-refractivity contribution in [1.29, 1.82) is 0 Å². The van der Waals surface area contributed by atoms with Crippen LogP contribution in [0.25, 0.3) is 0 Å². The number of aliphatic hydroxyl groups is 2. The highest BCUT2D eigenvalue weighted by Gasteiger charge is 2.51. The number of ether oxygens (including phenoxy) is 4. The number of aliphatic hydroxyl groups excluding tert-OH is 2. The second-order valence-electron chi connectivity index (χ2n) is 14.6. The van der Waals surface area contributed by atoms with Crippen LogP contribution in [0.1, 0.15) is 47.1 Å². The van der Waals surface area contributed by atoms with E-state index in [1.54, 1.807) is 41.5 Å². The largest absolute Gasteiger partial charge is 0.444 e. The van der Waals surface area contributed by atoms with E-state index in [1.165, 1.54) is 15.4 Å². The highest BCUT2D eigenvalue weighted by Crippen LogP contribution is 2.33. The SMILES string of the molecule is CC(C)(C)OC(=O)N1C[C@@H]2C=CCO[C@H]2[C@H]1C(=O)CO.CC(C)(C)OC(=O)N1C[C@@H]2CN(Cc3ccccc3)CCO[C@H]2[C@H]1C(=O)CO. The van der Waals surface area contributed by atoms with Crippen LogP contribution in [0.4, 0.5) is 9.59 Å². The van der Waals surface area contributed by atoms with Crippen molar-refractivity contribution < 1.29 is 48.3 Å². The zero-order chi connectivity index (χ0) is 35.2. The van der Waals surface area contributed by atoms with Gasteiger partial charge in [0.05, 0.1) is 25.4 Å². The van der Waals surface area contributed by atoms with Crippen molar-refractivity contribution in [3.8, 4) is 0 Å². The quantitative estimate of drug-likeness (QED) is 0.428. The molecule has 0 spiro atoms. The number of benzene rings is 1. The predicted octanol–water partition coefficient (Wildman–Crippen LogP) is 2.42. The average Bonchev–Trinajstić information content (AvgIpc) is 3.52. The molecule has 4 aliphatic heterocycles. The normalized spacial score (nSPS) is 27.2. The van der Waals surface area contributed by atoms with Crippen molar-refractivity contribution in [1.82, 2.24) is 14.7 Å². The first-order chi connectivity index (χ1) is 22.6. The van der Waals surface area contributed by atoms with Gasteiger partial charge in [0, 0.05) is 44.6 Å². The standard InChI is InChI=1S/C21H30N2O5.C14H21NO5/c1-21(2,3)28-20(26)23-13-16-12-22(11-15-7-5-4-6-8-15)9-10-27-19(16)18(23)17(25)14-24;1-14(2,3)20-13(18)15-7-9-5-4-6-19-12(9)11(15)10(17)8-16/h4-8,16,18-19,24H,9-14H2,1-3H3;4-5,9,11-12,16H,6-8H2,1-3H3/t16-,18+,19+;9-,11+,12+/m00/s1. The Morgan fingerprint density at radius 3 is 1.92 bits per heavy atom. The van der Waals surface area contributed by atoms with Crippen LogP contribution >= 0.6 is 0 Å². The zero-order valence-corrected chi connectivity index (χ0v) is 28.9. The minimum absolute atomic E-state index is 0.0146. The smallest absolute Gasteiger partial charge is 0.411 e. The van der Waals surface area contributed by atoms with Crippen LogP contribution in [0.3, 0.4) is 0 Å². The first kappa shape index (κ1) is 37.5. The van der Waals surface area contributed by atoms with E-state index in [-0.39, 0.29) is 11.8 Å². The minimum Gasteiger partial charge on any atom is -0.444 e. The van der Waals surface area contributed by atoms with Crippen molar-refractivity contribution in [3.05, 3.63) is 48.0 Å². The molecule has 0 bridgehead atoms. The number of ketones is 2. The van der Waals surface area contributed by atoms with E-state index < -0.39 is 72.5 Å². The Hall–Kier alpha value is -3.36. The molecule has 0 radical (unpaired) electrons. The Bertz CT molecular complexity index is 1310. The monoisotopic (exact) mass is 673 g/mol. The van der Waals surface area contributed by atoms with Gasteiger partial charge in [-0.3, -0.25) is 24.3 Å². The molecule has 48 heavy (non-hydrogen) atoms. The number of hydrogen-bond acceptors (Lipinski definition) is 11.